The van der Waals surface area contributed by atoms with Gasteiger partial charge in [0.15, 0.2) is 0 Å². The van der Waals surface area contributed by atoms with Crippen LogP contribution in [0.15, 0.2) is 48.7 Å². The number of piperidine rings is 1. The maximum atomic E-state index is 5.77. The first-order chi connectivity index (χ1) is 12.3. The van der Waals surface area contributed by atoms with Gasteiger partial charge in [0.05, 0.1) is 11.7 Å². The van der Waals surface area contributed by atoms with Gasteiger partial charge in [-0.1, -0.05) is 30.3 Å². The van der Waals surface area contributed by atoms with Crippen molar-refractivity contribution in [1.29, 1.82) is 0 Å². The Morgan fingerprint density at radius 1 is 1.12 bits per heavy atom. The second kappa shape index (κ2) is 7.38. The lowest BCUT2D eigenvalue weighted by atomic mass is 9.90. The predicted molar refractivity (Wildman–Crippen MR) is 102 cm³/mol. The lowest BCUT2D eigenvalue weighted by Crippen LogP contribution is -2.35. The molecule has 1 aliphatic rings. The van der Waals surface area contributed by atoms with E-state index in [-0.39, 0.29) is 0 Å². The molecule has 0 amide bonds. The summed E-state index contributed by atoms with van der Waals surface area (Å²) in [7, 11) is 0. The molecule has 2 heterocycles. The fourth-order valence-electron chi connectivity index (χ4n) is 4.03. The number of nitrogens with one attached hydrogen (secondary N) is 1. The minimum absolute atomic E-state index is 0.618. The first-order valence-electron chi connectivity index (χ1n) is 9.22. The highest BCUT2D eigenvalue weighted by Gasteiger charge is 2.20. The molecular weight excluding hydrogens is 308 g/mol. The first-order valence-corrected chi connectivity index (χ1v) is 9.22. The van der Waals surface area contributed by atoms with Crippen LogP contribution in [-0.2, 0) is 19.5 Å². The van der Waals surface area contributed by atoms with Crippen LogP contribution in [0.3, 0.4) is 0 Å². The predicted octanol–water partition coefficient (Wildman–Crippen LogP) is 3.48. The minimum atomic E-state index is 0.618. The summed E-state index contributed by atoms with van der Waals surface area (Å²) in [5.74, 6) is 0.732. The van der Waals surface area contributed by atoms with Crippen molar-refractivity contribution in [2.24, 2.45) is 11.7 Å². The summed E-state index contributed by atoms with van der Waals surface area (Å²) in [6, 6.07) is 15.4. The Bertz CT molecular complexity index is 839. The van der Waals surface area contributed by atoms with E-state index in [1.807, 2.05) is 6.20 Å². The molecule has 4 rings (SSSR count). The lowest BCUT2D eigenvalue weighted by Gasteiger charge is -2.33. The first kappa shape index (κ1) is 16.3. The minimum Gasteiger partial charge on any atom is -0.326 e. The molecule has 1 saturated heterocycles. The van der Waals surface area contributed by atoms with E-state index < -0.39 is 0 Å². The summed E-state index contributed by atoms with van der Waals surface area (Å²) >= 11 is 0. The molecule has 0 spiro atoms. The highest BCUT2D eigenvalue weighted by molar-refractivity contribution is 5.78. The summed E-state index contributed by atoms with van der Waals surface area (Å²) in [5.41, 5.74) is 10.9. The third-order valence-electron chi connectivity index (χ3n) is 5.27. The fourth-order valence-corrected chi connectivity index (χ4v) is 4.03. The molecule has 1 aliphatic heterocycles. The third-order valence-corrected chi connectivity index (χ3v) is 5.27. The SMILES string of the molecule is NCc1cccc(CN2CCCC(Cc3ccc4[nH]ncc4c3)C2)c1. The molecule has 3 aromatic rings. The number of benzene rings is 2. The molecule has 4 heteroatoms. The van der Waals surface area contributed by atoms with E-state index in [1.54, 1.807) is 0 Å². The second-order valence-electron chi connectivity index (χ2n) is 7.26. The molecule has 1 fully saturated rings. The Hall–Kier alpha value is -2.17. The average molecular weight is 334 g/mol. The van der Waals surface area contributed by atoms with Crippen molar-refractivity contribution in [2.75, 3.05) is 13.1 Å². The van der Waals surface area contributed by atoms with Crippen molar-refractivity contribution in [2.45, 2.75) is 32.4 Å². The topological polar surface area (TPSA) is 57.9 Å². The van der Waals surface area contributed by atoms with Crippen molar-refractivity contribution in [3.63, 3.8) is 0 Å². The zero-order chi connectivity index (χ0) is 17.1. The number of rotatable bonds is 5. The Labute approximate surface area is 149 Å². The fraction of sp³-hybridized carbons (Fsp3) is 0.381. The zero-order valence-electron chi connectivity index (χ0n) is 14.6. The molecule has 1 atom stereocenters. The molecule has 2 aromatic carbocycles. The Balaban J connectivity index is 1.40. The largest absolute Gasteiger partial charge is 0.326 e. The van der Waals surface area contributed by atoms with Gasteiger partial charge in [0, 0.05) is 25.0 Å². The molecule has 3 N–H and O–H groups in total. The van der Waals surface area contributed by atoms with E-state index in [4.69, 9.17) is 5.73 Å². The second-order valence-corrected chi connectivity index (χ2v) is 7.26. The number of nitrogens with two attached hydrogens (primary N) is 1. The standard InChI is InChI=1S/C21H26N4/c22-12-17-3-1-4-18(10-17)14-25-8-2-5-19(15-25)9-16-6-7-21-20(11-16)13-23-24-21/h1,3-4,6-7,10-11,13,19H,2,5,8-9,12,14-15,22H2,(H,23,24). The van der Waals surface area contributed by atoms with Gasteiger partial charge >= 0.3 is 0 Å². The number of aromatic nitrogens is 2. The van der Waals surface area contributed by atoms with E-state index in [9.17, 15) is 0 Å². The van der Waals surface area contributed by atoms with Crippen LogP contribution in [0.25, 0.3) is 10.9 Å². The Kier molecular flexibility index (Phi) is 4.81. The summed E-state index contributed by atoms with van der Waals surface area (Å²) in [6.07, 6.45) is 5.68. The van der Waals surface area contributed by atoms with Crippen LogP contribution in [0.2, 0.25) is 0 Å². The average Bonchev–Trinajstić information content (AvgIpc) is 3.10. The summed E-state index contributed by atoms with van der Waals surface area (Å²) in [4.78, 5) is 2.60. The van der Waals surface area contributed by atoms with Crippen molar-refractivity contribution in [3.8, 4) is 0 Å². The molecule has 4 nitrogen and oxygen atoms in total. The summed E-state index contributed by atoms with van der Waals surface area (Å²) in [5, 5.41) is 8.36. The number of likely N-dealkylation sites (tertiary alicyclic amines) is 1. The molecule has 1 aromatic heterocycles. The van der Waals surface area contributed by atoms with E-state index in [1.165, 1.54) is 48.0 Å². The quantitative estimate of drug-likeness (QED) is 0.751. The summed E-state index contributed by atoms with van der Waals surface area (Å²) < 4.78 is 0. The van der Waals surface area contributed by atoms with Crippen LogP contribution < -0.4 is 5.73 Å². The van der Waals surface area contributed by atoms with Crippen molar-refractivity contribution in [1.82, 2.24) is 15.1 Å². The van der Waals surface area contributed by atoms with Gasteiger partial charge < -0.3 is 5.73 Å². The molecule has 0 aliphatic carbocycles. The number of nitrogens with zero attached hydrogens (tertiary/aromatic N) is 2. The molecule has 0 bridgehead atoms. The zero-order valence-corrected chi connectivity index (χ0v) is 14.6. The third kappa shape index (κ3) is 3.91. The van der Waals surface area contributed by atoms with Gasteiger partial charge in [0.2, 0.25) is 0 Å². The Morgan fingerprint density at radius 3 is 2.96 bits per heavy atom. The lowest BCUT2D eigenvalue weighted by molar-refractivity contribution is 0.167. The van der Waals surface area contributed by atoms with Gasteiger partial charge in [-0.3, -0.25) is 10.00 Å². The van der Waals surface area contributed by atoms with Crippen LogP contribution in [-0.4, -0.2) is 28.2 Å². The van der Waals surface area contributed by atoms with Gasteiger partial charge in [-0.15, -0.1) is 0 Å². The number of H-pyrrole nitrogens is 1. The maximum absolute atomic E-state index is 5.77. The molecular formula is C21H26N4. The van der Waals surface area contributed by atoms with Crippen LogP contribution in [0.1, 0.15) is 29.5 Å². The molecule has 0 saturated carbocycles. The van der Waals surface area contributed by atoms with Gasteiger partial charge in [-0.05, 0) is 60.5 Å². The van der Waals surface area contributed by atoms with Gasteiger partial charge in [0.25, 0.3) is 0 Å². The summed E-state index contributed by atoms with van der Waals surface area (Å²) in [6.45, 7) is 4.03. The number of hydrogen-bond donors (Lipinski definition) is 2. The van der Waals surface area contributed by atoms with Crippen molar-refractivity contribution < 1.29 is 0 Å². The normalized spacial score (nSPS) is 18.7. The van der Waals surface area contributed by atoms with E-state index in [2.05, 4.69) is 57.6 Å². The number of aromatic amines is 1. The maximum Gasteiger partial charge on any atom is 0.0650 e. The van der Waals surface area contributed by atoms with E-state index in [0.717, 1.165) is 24.4 Å². The molecule has 0 radical (unpaired) electrons. The number of fused-ring (bicyclic) bond motifs is 1. The van der Waals surface area contributed by atoms with Crippen LogP contribution in [0.5, 0.6) is 0 Å². The van der Waals surface area contributed by atoms with Crippen LogP contribution in [0.4, 0.5) is 0 Å². The van der Waals surface area contributed by atoms with Gasteiger partial charge in [-0.2, -0.15) is 5.10 Å². The van der Waals surface area contributed by atoms with Gasteiger partial charge in [0.1, 0.15) is 0 Å². The van der Waals surface area contributed by atoms with Crippen LogP contribution in [0, 0.1) is 5.92 Å². The number of hydrogen-bond acceptors (Lipinski definition) is 3. The van der Waals surface area contributed by atoms with Crippen molar-refractivity contribution in [3.05, 3.63) is 65.4 Å². The van der Waals surface area contributed by atoms with E-state index >= 15 is 0 Å². The monoisotopic (exact) mass is 334 g/mol. The van der Waals surface area contributed by atoms with E-state index in [0.29, 0.717) is 6.54 Å². The molecule has 1 unspecified atom stereocenters. The smallest absolute Gasteiger partial charge is 0.0650 e. The Morgan fingerprint density at radius 2 is 2.04 bits per heavy atom. The van der Waals surface area contributed by atoms with Crippen LogP contribution >= 0.6 is 0 Å². The molecule has 130 valence electrons. The highest BCUT2D eigenvalue weighted by Crippen LogP contribution is 2.24. The highest BCUT2D eigenvalue weighted by atomic mass is 15.1. The molecule has 25 heavy (non-hydrogen) atoms. The van der Waals surface area contributed by atoms with Crippen molar-refractivity contribution >= 4 is 10.9 Å². The van der Waals surface area contributed by atoms with Gasteiger partial charge in [-0.25, -0.2) is 0 Å².